The Bertz CT molecular complexity index is 568. The summed E-state index contributed by atoms with van der Waals surface area (Å²) < 4.78 is 10.8. The van der Waals surface area contributed by atoms with Crippen LogP contribution in [0.4, 0.5) is 0 Å². The molecule has 0 saturated heterocycles. The lowest BCUT2D eigenvalue weighted by atomic mass is 10.1. The molecule has 1 fully saturated rings. The monoisotopic (exact) mass is 319 g/mol. The number of para-hydroxylation sites is 1. The van der Waals surface area contributed by atoms with Crippen molar-refractivity contribution in [1.82, 2.24) is 5.32 Å². The van der Waals surface area contributed by atoms with Gasteiger partial charge in [-0.2, -0.15) is 0 Å². The molecule has 1 aliphatic rings. The molecule has 2 N–H and O–H groups in total. The van der Waals surface area contributed by atoms with Gasteiger partial charge in [0.1, 0.15) is 5.75 Å². The van der Waals surface area contributed by atoms with Gasteiger partial charge in [0.05, 0.1) is 25.4 Å². The zero-order chi connectivity index (χ0) is 16.7. The SMILES string of the molecule is C=CCOCC(NC(=O)c1ccccc1OCC1CC1)C(=O)O. The first-order valence-electron chi connectivity index (χ1n) is 7.56. The molecule has 6 heteroatoms. The fourth-order valence-corrected chi connectivity index (χ4v) is 1.95. The maximum absolute atomic E-state index is 12.3. The van der Waals surface area contributed by atoms with Gasteiger partial charge in [-0.1, -0.05) is 18.2 Å². The van der Waals surface area contributed by atoms with Crippen LogP contribution in [0.15, 0.2) is 36.9 Å². The molecule has 23 heavy (non-hydrogen) atoms. The van der Waals surface area contributed by atoms with Gasteiger partial charge in [0.25, 0.3) is 5.91 Å². The number of benzene rings is 1. The van der Waals surface area contributed by atoms with Gasteiger partial charge < -0.3 is 19.9 Å². The summed E-state index contributed by atoms with van der Waals surface area (Å²) in [7, 11) is 0. The Morgan fingerprint density at radius 1 is 1.39 bits per heavy atom. The minimum Gasteiger partial charge on any atom is -0.492 e. The second-order valence-corrected chi connectivity index (χ2v) is 5.44. The highest BCUT2D eigenvalue weighted by Gasteiger charge is 2.25. The smallest absolute Gasteiger partial charge is 0.328 e. The van der Waals surface area contributed by atoms with E-state index in [0.717, 1.165) is 12.8 Å². The molecule has 1 aromatic carbocycles. The largest absolute Gasteiger partial charge is 0.492 e. The molecule has 0 spiro atoms. The molecule has 0 aromatic heterocycles. The normalized spacial score (nSPS) is 14.8. The first-order chi connectivity index (χ1) is 11.1. The fraction of sp³-hybridized carbons (Fsp3) is 0.412. The van der Waals surface area contributed by atoms with E-state index in [-0.39, 0.29) is 13.2 Å². The van der Waals surface area contributed by atoms with Gasteiger partial charge >= 0.3 is 5.97 Å². The number of hydrogen-bond donors (Lipinski definition) is 2. The van der Waals surface area contributed by atoms with E-state index in [1.165, 1.54) is 6.08 Å². The van der Waals surface area contributed by atoms with Crippen molar-refractivity contribution in [2.45, 2.75) is 18.9 Å². The molecular formula is C17H21NO5. The van der Waals surface area contributed by atoms with Crippen LogP contribution in [0.5, 0.6) is 5.75 Å². The summed E-state index contributed by atoms with van der Waals surface area (Å²) in [5.41, 5.74) is 0.322. The lowest BCUT2D eigenvalue weighted by Crippen LogP contribution is -2.44. The number of carboxylic acid groups (broad SMARTS) is 1. The van der Waals surface area contributed by atoms with Gasteiger partial charge in [-0.25, -0.2) is 4.79 Å². The van der Waals surface area contributed by atoms with Crippen molar-refractivity contribution in [3.8, 4) is 5.75 Å². The average molecular weight is 319 g/mol. The van der Waals surface area contributed by atoms with Crippen LogP contribution in [0.25, 0.3) is 0 Å². The summed E-state index contributed by atoms with van der Waals surface area (Å²) in [5.74, 6) is -0.622. The lowest BCUT2D eigenvalue weighted by molar-refractivity contribution is -0.140. The van der Waals surface area contributed by atoms with Crippen molar-refractivity contribution < 1.29 is 24.2 Å². The van der Waals surface area contributed by atoms with Crippen LogP contribution in [-0.4, -0.2) is 42.8 Å². The first kappa shape index (κ1) is 17.0. The fourth-order valence-electron chi connectivity index (χ4n) is 1.95. The summed E-state index contributed by atoms with van der Waals surface area (Å²) in [6.45, 7) is 4.16. The number of carbonyl (C=O) groups excluding carboxylic acids is 1. The Morgan fingerprint density at radius 2 is 2.13 bits per heavy atom. The van der Waals surface area contributed by atoms with E-state index in [0.29, 0.717) is 23.8 Å². The predicted molar refractivity (Wildman–Crippen MR) is 84.6 cm³/mol. The van der Waals surface area contributed by atoms with Crippen molar-refractivity contribution in [1.29, 1.82) is 0 Å². The van der Waals surface area contributed by atoms with Crippen molar-refractivity contribution >= 4 is 11.9 Å². The first-order valence-corrected chi connectivity index (χ1v) is 7.56. The van der Waals surface area contributed by atoms with Gasteiger partial charge in [0.15, 0.2) is 6.04 Å². The van der Waals surface area contributed by atoms with Crippen LogP contribution in [-0.2, 0) is 9.53 Å². The van der Waals surface area contributed by atoms with Crippen molar-refractivity contribution in [3.63, 3.8) is 0 Å². The van der Waals surface area contributed by atoms with Gasteiger partial charge in [-0.15, -0.1) is 6.58 Å². The average Bonchev–Trinajstić information content (AvgIpc) is 3.36. The third-order valence-corrected chi connectivity index (χ3v) is 3.43. The summed E-state index contributed by atoms with van der Waals surface area (Å²) in [4.78, 5) is 23.6. The number of aliphatic carboxylic acids is 1. The van der Waals surface area contributed by atoms with Gasteiger partial charge in [-0.3, -0.25) is 4.79 Å². The quantitative estimate of drug-likeness (QED) is 0.508. The van der Waals surface area contributed by atoms with Crippen LogP contribution in [0.1, 0.15) is 23.2 Å². The molecular weight excluding hydrogens is 298 g/mol. The number of ether oxygens (including phenoxy) is 2. The number of rotatable bonds is 10. The second kappa shape index (κ2) is 8.33. The van der Waals surface area contributed by atoms with E-state index >= 15 is 0 Å². The Hall–Kier alpha value is -2.34. The van der Waals surface area contributed by atoms with Crippen LogP contribution in [0.2, 0.25) is 0 Å². The molecule has 0 aliphatic heterocycles. The third-order valence-electron chi connectivity index (χ3n) is 3.43. The number of nitrogens with one attached hydrogen (secondary N) is 1. The van der Waals surface area contributed by atoms with E-state index in [4.69, 9.17) is 9.47 Å². The van der Waals surface area contributed by atoms with E-state index in [9.17, 15) is 14.7 Å². The maximum atomic E-state index is 12.3. The molecule has 0 heterocycles. The van der Waals surface area contributed by atoms with Crippen LogP contribution in [0, 0.1) is 5.92 Å². The summed E-state index contributed by atoms with van der Waals surface area (Å²) in [5, 5.41) is 11.6. The molecule has 1 saturated carbocycles. The highest BCUT2D eigenvalue weighted by atomic mass is 16.5. The van der Waals surface area contributed by atoms with E-state index in [1.807, 2.05) is 0 Å². The topological polar surface area (TPSA) is 84.9 Å². The summed E-state index contributed by atoms with van der Waals surface area (Å²) >= 11 is 0. The number of amides is 1. The number of carboxylic acids is 1. The van der Waals surface area contributed by atoms with Gasteiger partial charge in [-0.05, 0) is 30.9 Å². The Labute approximate surface area is 135 Å². The number of hydrogen-bond acceptors (Lipinski definition) is 4. The minimum atomic E-state index is -1.15. The molecule has 2 rings (SSSR count). The van der Waals surface area contributed by atoms with Crippen molar-refractivity contribution in [2.75, 3.05) is 19.8 Å². The molecule has 1 amide bonds. The molecule has 1 unspecified atom stereocenters. The van der Waals surface area contributed by atoms with Crippen molar-refractivity contribution in [3.05, 3.63) is 42.5 Å². The Morgan fingerprint density at radius 3 is 2.78 bits per heavy atom. The highest BCUT2D eigenvalue weighted by molar-refractivity contribution is 5.98. The van der Waals surface area contributed by atoms with Crippen LogP contribution >= 0.6 is 0 Å². The molecule has 1 atom stereocenters. The molecule has 0 bridgehead atoms. The molecule has 124 valence electrons. The summed E-state index contributed by atoms with van der Waals surface area (Å²) in [6.07, 6.45) is 3.81. The van der Waals surface area contributed by atoms with Crippen LogP contribution in [0.3, 0.4) is 0 Å². The molecule has 0 radical (unpaired) electrons. The zero-order valence-electron chi connectivity index (χ0n) is 12.9. The summed E-state index contributed by atoms with van der Waals surface area (Å²) in [6, 6.07) is 5.69. The van der Waals surface area contributed by atoms with Gasteiger partial charge in [0.2, 0.25) is 0 Å². The van der Waals surface area contributed by atoms with Gasteiger partial charge in [0, 0.05) is 0 Å². The molecule has 1 aromatic rings. The number of carbonyl (C=O) groups is 2. The Kier molecular flexibility index (Phi) is 6.17. The highest BCUT2D eigenvalue weighted by Crippen LogP contribution is 2.30. The predicted octanol–water partition coefficient (Wildman–Crippen LogP) is 1.86. The standard InChI is InChI=1S/C17H21NO5/c1-2-9-22-11-14(17(20)21)18-16(19)13-5-3-4-6-15(13)23-10-12-7-8-12/h2-6,12,14H,1,7-11H2,(H,18,19)(H,20,21). The molecule has 1 aliphatic carbocycles. The minimum absolute atomic E-state index is 0.127. The van der Waals surface area contributed by atoms with E-state index < -0.39 is 17.9 Å². The second-order valence-electron chi connectivity index (χ2n) is 5.44. The van der Waals surface area contributed by atoms with Crippen molar-refractivity contribution in [2.24, 2.45) is 5.92 Å². The Balaban J connectivity index is 1.99. The third kappa shape index (κ3) is 5.41. The zero-order valence-corrected chi connectivity index (χ0v) is 12.9. The van der Waals surface area contributed by atoms with E-state index in [2.05, 4.69) is 11.9 Å². The van der Waals surface area contributed by atoms with Crippen LogP contribution < -0.4 is 10.1 Å². The molecule has 6 nitrogen and oxygen atoms in total. The van der Waals surface area contributed by atoms with E-state index in [1.54, 1.807) is 24.3 Å². The lowest BCUT2D eigenvalue weighted by Gasteiger charge is -2.16. The maximum Gasteiger partial charge on any atom is 0.328 e.